The second-order valence-electron chi connectivity index (χ2n) is 4.95. The summed E-state index contributed by atoms with van der Waals surface area (Å²) in [5.74, 6) is 2.37. The van der Waals surface area contributed by atoms with E-state index in [0.717, 1.165) is 18.5 Å². The van der Waals surface area contributed by atoms with Crippen LogP contribution in [0.3, 0.4) is 0 Å². The van der Waals surface area contributed by atoms with Gasteiger partial charge in [0.25, 0.3) is 0 Å². The predicted octanol–water partition coefficient (Wildman–Crippen LogP) is 3.03. The minimum Gasteiger partial charge on any atom is -0.493 e. The Morgan fingerprint density at radius 2 is 1.91 bits per heavy atom. The summed E-state index contributed by atoms with van der Waals surface area (Å²) >= 11 is 0. The first-order valence-electron chi connectivity index (χ1n) is 7.54. The number of methoxy groups -OCH3 is 2. The van der Waals surface area contributed by atoms with Gasteiger partial charge in [0.15, 0.2) is 11.5 Å². The molecule has 120 valence electrons. The van der Waals surface area contributed by atoms with Crippen LogP contribution in [0.2, 0.25) is 0 Å². The summed E-state index contributed by atoms with van der Waals surface area (Å²) in [7, 11) is 3.20. The maximum absolute atomic E-state index is 5.67. The van der Waals surface area contributed by atoms with Gasteiger partial charge in [-0.15, -0.1) is 10.2 Å². The number of hydrogen-bond acceptors (Lipinski definition) is 6. The third kappa shape index (κ3) is 4.21. The van der Waals surface area contributed by atoms with E-state index in [4.69, 9.17) is 13.9 Å². The molecule has 0 aliphatic rings. The van der Waals surface area contributed by atoms with Gasteiger partial charge in [0.1, 0.15) is 0 Å². The van der Waals surface area contributed by atoms with Crippen LogP contribution in [-0.4, -0.2) is 31.0 Å². The van der Waals surface area contributed by atoms with Crippen molar-refractivity contribution in [3.8, 4) is 23.0 Å². The fraction of sp³-hybridized carbons (Fsp3) is 0.500. The average molecular weight is 305 g/mol. The summed E-state index contributed by atoms with van der Waals surface area (Å²) in [4.78, 5) is 0. The van der Waals surface area contributed by atoms with Gasteiger partial charge in [-0.2, -0.15) is 0 Å². The first kappa shape index (κ1) is 16.3. The summed E-state index contributed by atoms with van der Waals surface area (Å²) in [5, 5.41) is 11.4. The number of hydrogen-bond donors (Lipinski definition) is 1. The molecule has 0 saturated heterocycles. The summed E-state index contributed by atoms with van der Waals surface area (Å²) in [5.41, 5.74) is 0.808. The molecule has 0 aliphatic heterocycles. The number of nitrogens with one attached hydrogen (secondary N) is 1. The maximum Gasteiger partial charge on any atom is 0.247 e. The Kier molecular flexibility index (Phi) is 6.21. The average Bonchev–Trinajstić information content (AvgIpc) is 3.03. The molecule has 1 heterocycles. The Hall–Kier alpha value is -2.08. The van der Waals surface area contributed by atoms with Crippen molar-refractivity contribution in [2.24, 2.45) is 0 Å². The molecule has 0 fully saturated rings. The maximum atomic E-state index is 5.67. The molecular formula is C16H23N3O3. The molecule has 1 N–H and O–H groups in total. The molecule has 2 rings (SSSR count). The molecule has 0 aliphatic carbocycles. The lowest BCUT2D eigenvalue weighted by atomic mass is 10.2. The minimum absolute atomic E-state index is 0.478. The van der Waals surface area contributed by atoms with Gasteiger partial charge in [-0.3, -0.25) is 0 Å². The van der Waals surface area contributed by atoms with Gasteiger partial charge in [0.2, 0.25) is 11.8 Å². The van der Waals surface area contributed by atoms with Crippen LogP contribution < -0.4 is 14.8 Å². The van der Waals surface area contributed by atoms with Crippen molar-refractivity contribution in [2.45, 2.75) is 32.7 Å². The fourth-order valence-electron chi connectivity index (χ4n) is 2.11. The van der Waals surface area contributed by atoms with E-state index in [9.17, 15) is 0 Å². The van der Waals surface area contributed by atoms with Gasteiger partial charge >= 0.3 is 0 Å². The van der Waals surface area contributed by atoms with E-state index in [-0.39, 0.29) is 0 Å². The Balaban J connectivity index is 1.99. The Bertz CT molecular complexity index is 584. The number of aromatic nitrogens is 2. The van der Waals surface area contributed by atoms with E-state index in [1.54, 1.807) is 14.2 Å². The molecule has 0 amide bonds. The lowest BCUT2D eigenvalue weighted by molar-refractivity contribution is 0.355. The number of benzene rings is 1. The molecule has 0 atom stereocenters. The van der Waals surface area contributed by atoms with E-state index < -0.39 is 0 Å². The van der Waals surface area contributed by atoms with Gasteiger partial charge in [-0.1, -0.05) is 19.8 Å². The lowest BCUT2D eigenvalue weighted by Crippen LogP contribution is -2.14. The van der Waals surface area contributed by atoms with Gasteiger partial charge in [0, 0.05) is 5.56 Å². The summed E-state index contributed by atoms with van der Waals surface area (Å²) < 4.78 is 16.2. The zero-order valence-corrected chi connectivity index (χ0v) is 13.4. The van der Waals surface area contributed by atoms with Crippen LogP contribution in [0.1, 0.15) is 32.1 Å². The molecular weight excluding hydrogens is 282 g/mol. The van der Waals surface area contributed by atoms with Crippen molar-refractivity contribution < 1.29 is 13.9 Å². The van der Waals surface area contributed by atoms with Gasteiger partial charge in [-0.05, 0) is 31.2 Å². The van der Waals surface area contributed by atoms with E-state index in [1.807, 2.05) is 18.2 Å². The molecule has 0 unspecified atom stereocenters. The van der Waals surface area contributed by atoms with E-state index in [2.05, 4.69) is 22.4 Å². The molecule has 0 spiro atoms. The first-order valence-corrected chi connectivity index (χ1v) is 7.54. The Morgan fingerprint density at radius 1 is 1.09 bits per heavy atom. The van der Waals surface area contributed by atoms with E-state index >= 15 is 0 Å². The highest BCUT2D eigenvalue weighted by Crippen LogP contribution is 2.31. The molecule has 1 aromatic heterocycles. The predicted molar refractivity (Wildman–Crippen MR) is 84.1 cm³/mol. The number of unbranched alkanes of at least 4 members (excludes halogenated alkanes) is 2. The molecule has 22 heavy (non-hydrogen) atoms. The van der Waals surface area contributed by atoms with Gasteiger partial charge in [0.05, 0.1) is 20.8 Å². The van der Waals surface area contributed by atoms with Crippen molar-refractivity contribution in [3.63, 3.8) is 0 Å². The molecule has 0 bridgehead atoms. The van der Waals surface area contributed by atoms with Crippen molar-refractivity contribution >= 4 is 0 Å². The normalized spacial score (nSPS) is 10.7. The topological polar surface area (TPSA) is 69.4 Å². The van der Waals surface area contributed by atoms with Crippen LogP contribution in [0.15, 0.2) is 22.6 Å². The third-order valence-electron chi connectivity index (χ3n) is 3.33. The van der Waals surface area contributed by atoms with Crippen LogP contribution in [-0.2, 0) is 6.54 Å². The molecule has 6 nitrogen and oxygen atoms in total. The van der Waals surface area contributed by atoms with Crippen LogP contribution in [0.5, 0.6) is 11.5 Å². The van der Waals surface area contributed by atoms with Crippen molar-refractivity contribution in [3.05, 3.63) is 24.1 Å². The summed E-state index contributed by atoms with van der Waals surface area (Å²) in [6.07, 6.45) is 3.60. The Labute approximate surface area is 130 Å². The SMILES string of the molecule is CCCCCNCc1nnc(-c2ccc(OC)c(OC)c2)o1. The monoisotopic (exact) mass is 305 g/mol. The number of rotatable bonds is 9. The number of nitrogens with zero attached hydrogens (tertiary/aromatic N) is 2. The second kappa shape index (κ2) is 8.38. The molecule has 2 aromatic rings. The third-order valence-corrected chi connectivity index (χ3v) is 3.33. The van der Waals surface area contributed by atoms with Crippen LogP contribution in [0.4, 0.5) is 0 Å². The first-order chi connectivity index (χ1) is 10.8. The molecule has 6 heteroatoms. The van der Waals surface area contributed by atoms with Crippen molar-refractivity contribution in [1.82, 2.24) is 15.5 Å². The fourth-order valence-corrected chi connectivity index (χ4v) is 2.11. The smallest absolute Gasteiger partial charge is 0.247 e. The Morgan fingerprint density at radius 3 is 2.64 bits per heavy atom. The standard InChI is InChI=1S/C16H23N3O3/c1-4-5-6-9-17-11-15-18-19-16(22-15)12-7-8-13(20-2)14(10-12)21-3/h7-8,10,17H,4-6,9,11H2,1-3H3. The largest absolute Gasteiger partial charge is 0.493 e. The zero-order valence-electron chi connectivity index (χ0n) is 13.4. The lowest BCUT2D eigenvalue weighted by Gasteiger charge is -2.07. The highest BCUT2D eigenvalue weighted by Gasteiger charge is 2.11. The highest BCUT2D eigenvalue weighted by molar-refractivity contribution is 5.59. The minimum atomic E-state index is 0.478. The number of ether oxygens (including phenoxy) is 2. The van der Waals surface area contributed by atoms with Crippen LogP contribution in [0.25, 0.3) is 11.5 Å². The second-order valence-corrected chi connectivity index (χ2v) is 4.95. The van der Waals surface area contributed by atoms with E-state index in [0.29, 0.717) is 29.8 Å². The van der Waals surface area contributed by atoms with Crippen LogP contribution >= 0.6 is 0 Å². The van der Waals surface area contributed by atoms with Gasteiger partial charge < -0.3 is 19.2 Å². The molecule has 0 saturated carbocycles. The summed E-state index contributed by atoms with van der Waals surface area (Å²) in [6.45, 7) is 3.74. The zero-order chi connectivity index (χ0) is 15.8. The highest BCUT2D eigenvalue weighted by atomic mass is 16.5. The molecule has 1 aromatic carbocycles. The van der Waals surface area contributed by atoms with Crippen molar-refractivity contribution in [1.29, 1.82) is 0 Å². The van der Waals surface area contributed by atoms with Crippen LogP contribution in [0, 0.1) is 0 Å². The quantitative estimate of drug-likeness (QED) is 0.718. The van der Waals surface area contributed by atoms with Crippen molar-refractivity contribution in [2.75, 3.05) is 20.8 Å². The summed E-state index contributed by atoms with van der Waals surface area (Å²) in [6, 6.07) is 5.51. The van der Waals surface area contributed by atoms with E-state index in [1.165, 1.54) is 12.8 Å². The van der Waals surface area contributed by atoms with Gasteiger partial charge in [-0.25, -0.2) is 0 Å². The molecule has 0 radical (unpaired) electrons.